The summed E-state index contributed by atoms with van der Waals surface area (Å²) in [5, 5.41) is 7.76. The Hall–Kier alpha value is -1.15. The quantitative estimate of drug-likeness (QED) is 0.434. The van der Waals surface area contributed by atoms with E-state index in [0.29, 0.717) is 6.54 Å². The Kier molecular flexibility index (Phi) is 6.83. The van der Waals surface area contributed by atoms with Gasteiger partial charge in [-0.1, -0.05) is 18.2 Å². The number of hydrogen-bond donors (Lipinski definition) is 2. The lowest BCUT2D eigenvalue weighted by Gasteiger charge is -2.11. The maximum absolute atomic E-state index is 4.35. The number of fused-ring (bicyclic) bond motifs is 1. The van der Waals surface area contributed by atoms with E-state index in [2.05, 4.69) is 45.7 Å². The van der Waals surface area contributed by atoms with E-state index in [9.17, 15) is 0 Å². The number of thiazole rings is 1. The van der Waals surface area contributed by atoms with Crippen LogP contribution in [0, 0.1) is 6.92 Å². The normalized spacial score (nSPS) is 13.4. The Labute approximate surface area is 158 Å². The van der Waals surface area contributed by atoms with Crippen LogP contribution in [0.4, 0.5) is 0 Å². The number of benzene rings is 1. The van der Waals surface area contributed by atoms with Gasteiger partial charge in [0, 0.05) is 24.7 Å². The number of rotatable bonds is 4. The van der Waals surface area contributed by atoms with Gasteiger partial charge in [0.2, 0.25) is 0 Å². The molecule has 1 aliphatic carbocycles. The van der Waals surface area contributed by atoms with Crippen molar-refractivity contribution in [3.8, 4) is 0 Å². The van der Waals surface area contributed by atoms with Crippen molar-refractivity contribution in [3.05, 3.63) is 51.0 Å². The van der Waals surface area contributed by atoms with Gasteiger partial charge >= 0.3 is 0 Å². The van der Waals surface area contributed by atoms with Crippen molar-refractivity contribution in [3.63, 3.8) is 0 Å². The van der Waals surface area contributed by atoms with E-state index in [1.54, 1.807) is 18.4 Å². The van der Waals surface area contributed by atoms with Crippen LogP contribution < -0.4 is 10.6 Å². The van der Waals surface area contributed by atoms with Crippen LogP contribution in [0.15, 0.2) is 29.4 Å². The molecule has 3 rings (SSSR count). The van der Waals surface area contributed by atoms with Crippen molar-refractivity contribution in [2.75, 3.05) is 7.05 Å². The molecule has 1 heterocycles. The fourth-order valence-corrected chi connectivity index (χ4v) is 3.51. The second kappa shape index (κ2) is 8.63. The summed E-state index contributed by atoms with van der Waals surface area (Å²) in [7, 11) is 1.80. The first kappa shape index (κ1) is 18.2. The Morgan fingerprint density at radius 2 is 2.00 bits per heavy atom. The fourth-order valence-electron chi connectivity index (χ4n) is 2.78. The van der Waals surface area contributed by atoms with Gasteiger partial charge in [-0.05, 0) is 42.9 Å². The lowest BCUT2D eigenvalue weighted by molar-refractivity contribution is 0.804. The molecular weight excluding hydrogens is 419 g/mol. The van der Waals surface area contributed by atoms with Crippen LogP contribution in [-0.2, 0) is 25.9 Å². The molecule has 1 aromatic carbocycles. The molecule has 2 aromatic rings. The van der Waals surface area contributed by atoms with Gasteiger partial charge in [-0.2, -0.15) is 0 Å². The largest absolute Gasteiger partial charge is 0.352 e. The van der Waals surface area contributed by atoms with Gasteiger partial charge in [0.15, 0.2) is 5.96 Å². The molecule has 0 fully saturated rings. The molecule has 2 N–H and O–H groups in total. The second-order valence-electron chi connectivity index (χ2n) is 5.60. The van der Waals surface area contributed by atoms with Crippen molar-refractivity contribution < 1.29 is 0 Å². The van der Waals surface area contributed by atoms with E-state index in [4.69, 9.17) is 0 Å². The van der Waals surface area contributed by atoms with Gasteiger partial charge in [-0.15, -0.1) is 35.3 Å². The van der Waals surface area contributed by atoms with Gasteiger partial charge in [0.25, 0.3) is 0 Å². The summed E-state index contributed by atoms with van der Waals surface area (Å²) in [6.07, 6.45) is 5.66. The lowest BCUT2D eigenvalue weighted by Crippen LogP contribution is -2.36. The van der Waals surface area contributed by atoms with E-state index in [1.165, 1.54) is 40.8 Å². The van der Waals surface area contributed by atoms with Crippen LogP contribution in [0.3, 0.4) is 0 Å². The highest BCUT2D eigenvalue weighted by Crippen LogP contribution is 2.22. The topological polar surface area (TPSA) is 49.3 Å². The van der Waals surface area contributed by atoms with Gasteiger partial charge < -0.3 is 10.6 Å². The van der Waals surface area contributed by atoms with E-state index in [-0.39, 0.29) is 24.0 Å². The van der Waals surface area contributed by atoms with Crippen LogP contribution in [-0.4, -0.2) is 18.0 Å². The third-order valence-electron chi connectivity index (χ3n) is 3.92. The Morgan fingerprint density at radius 1 is 1.22 bits per heavy atom. The van der Waals surface area contributed by atoms with Crippen molar-refractivity contribution in [2.24, 2.45) is 4.99 Å². The molecule has 0 radical (unpaired) electrons. The monoisotopic (exact) mass is 442 g/mol. The summed E-state index contributed by atoms with van der Waals surface area (Å²) >= 11 is 1.71. The Balaban J connectivity index is 0.00000192. The number of aryl methyl sites for hydroxylation is 3. The van der Waals surface area contributed by atoms with Gasteiger partial charge in [0.05, 0.1) is 6.54 Å². The predicted molar refractivity (Wildman–Crippen MR) is 108 cm³/mol. The molecular formula is C17H23IN4S. The second-order valence-corrected chi connectivity index (χ2v) is 6.92. The number of halogens is 1. The number of aliphatic imine (C=N–C) groups is 1. The standard InChI is InChI=1S/C17H22N4S.HI/c1-12-9-19-16(22-12)11-21-17(18-2)20-10-13-6-7-14-4-3-5-15(14)8-13;/h6-9H,3-5,10-11H2,1-2H3,(H2,18,20,21);1H. The minimum absolute atomic E-state index is 0. The van der Waals surface area contributed by atoms with Crippen molar-refractivity contribution in [1.29, 1.82) is 0 Å². The molecule has 0 saturated heterocycles. The van der Waals surface area contributed by atoms with Gasteiger partial charge in [-0.3, -0.25) is 4.99 Å². The molecule has 0 bridgehead atoms. The lowest BCUT2D eigenvalue weighted by atomic mass is 10.1. The zero-order valence-electron chi connectivity index (χ0n) is 13.6. The van der Waals surface area contributed by atoms with Gasteiger partial charge in [0.1, 0.15) is 5.01 Å². The highest BCUT2D eigenvalue weighted by molar-refractivity contribution is 14.0. The number of guanidine groups is 1. The highest BCUT2D eigenvalue weighted by atomic mass is 127. The molecule has 4 nitrogen and oxygen atoms in total. The zero-order chi connectivity index (χ0) is 15.4. The fraction of sp³-hybridized carbons (Fsp3) is 0.412. The average molecular weight is 442 g/mol. The summed E-state index contributed by atoms with van der Waals surface area (Å²) in [6, 6.07) is 6.81. The first-order chi connectivity index (χ1) is 10.7. The van der Waals surface area contributed by atoms with Crippen LogP contribution in [0.25, 0.3) is 0 Å². The Morgan fingerprint density at radius 3 is 2.74 bits per heavy atom. The van der Waals surface area contributed by atoms with E-state index in [0.717, 1.165) is 17.5 Å². The minimum Gasteiger partial charge on any atom is -0.352 e. The van der Waals surface area contributed by atoms with Crippen LogP contribution >= 0.6 is 35.3 Å². The molecule has 0 atom stereocenters. The van der Waals surface area contributed by atoms with Crippen molar-refractivity contribution in [2.45, 2.75) is 39.3 Å². The van der Waals surface area contributed by atoms with E-state index < -0.39 is 0 Å². The Bertz CT molecular complexity index is 681. The van der Waals surface area contributed by atoms with Crippen LogP contribution in [0.2, 0.25) is 0 Å². The zero-order valence-corrected chi connectivity index (χ0v) is 16.7. The molecule has 1 aromatic heterocycles. The van der Waals surface area contributed by atoms with Crippen molar-refractivity contribution >= 4 is 41.3 Å². The first-order valence-electron chi connectivity index (χ1n) is 7.71. The summed E-state index contributed by atoms with van der Waals surface area (Å²) in [4.78, 5) is 9.86. The van der Waals surface area contributed by atoms with E-state index >= 15 is 0 Å². The third-order valence-corrected chi connectivity index (χ3v) is 4.84. The number of nitrogens with zero attached hydrogens (tertiary/aromatic N) is 2. The SMILES string of the molecule is CN=C(NCc1ccc2c(c1)CCC2)NCc1ncc(C)s1.I. The number of aromatic nitrogens is 1. The van der Waals surface area contributed by atoms with Crippen molar-refractivity contribution in [1.82, 2.24) is 15.6 Å². The summed E-state index contributed by atoms with van der Waals surface area (Å²) < 4.78 is 0. The molecule has 0 amide bonds. The molecule has 0 spiro atoms. The van der Waals surface area contributed by atoms with Crippen LogP contribution in [0.1, 0.15) is 33.0 Å². The van der Waals surface area contributed by atoms with Crippen LogP contribution in [0.5, 0.6) is 0 Å². The number of hydrogen-bond acceptors (Lipinski definition) is 3. The average Bonchev–Trinajstić information content (AvgIpc) is 3.15. The highest BCUT2D eigenvalue weighted by Gasteiger charge is 2.10. The molecule has 1 aliphatic rings. The molecule has 0 aliphatic heterocycles. The minimum atomic E-state index is 0. The molecule has 124 valence electrons. The summed E-state index contributed by atoms with van der Waals surface area (Å²) in [5.74, 6) is 0.813. The third kappa shape index (κ3) is 4.91. The molecule has 6 heteroatoms. The predicted octanol–water partition coefficient (Wildman–Crippen LogP) is 3.42. The molecule has 23 heavy (non-hydrogen) atoms. The first-order valence-corrected chi connectivity index (χ1v) is 8.53. The molecule has 0 saturated carbocycles. The summed E-state index contributed by atoms with van der Waals surface area (Å²) in [5.41, 5.74) is 4.35. The van der Waals surface area contributed by atoms with Gasteiger partial charge in [-0.25, -0.2) is 4.98 Å². The number of nitrogens with one attached hydrogen (secondary N) is 2. The maximum Gasteiger partial charge on any atom is 0.191 e. The summed E-state index contributed by atoms with van der Waals surface area (Å²) in [6.45, 7) is 3.58. The molecule has 0 unspecified atom stereocenters. The van der Waals surface area contributed by atoms with E-state index in [1.807, 2.05) is 6.20 Å². The smallest absolute Gasteiger partial charge is 0.191 e. The maximum atomic E-state index is 4.35.